The molecule has 7 nitrogen and oxygen atoms in total. The van der Waals surface area contributed by atoms with Gasteiger partial charge >= 0.3 is 0 Å². The molecule has 4 rings (SSSR count). The van der Waals surface area contributed by atoms with Gasteiger partial charge in [0.25, 0.3) is 5.91 Å². The highest BCUT2D eigenvalue weighted by Gasteiger charge is 2.19. The number of carbonyl (C=O) groups is 1. The maximum absolute atomic E-state index is 12.1. The molecule has 3 N–H and O–H groups in total. The first-order valence-electron chi connectivity index (χ1n) is 10.3. The van der Waals surface area contributed by atoms with Crippen molar-refractivity contribution < 1.29 is 15.1 Å². The largest absolute Gasteiger partial charge is 0.396 e. The third-order valence-electron chi connectivity index (χ3n) is 5.87. The first-order chi connectivity index (χ1) is 14.7. The molecule has 1 fully saturated rings. The highest BCUT2D eigenvalue weighted by Crippen LogP contribution is 2.29. The molecule has 1 saturated heterocycles. The number of carbonyl (C=O) groups excluding carboxylic acids is 1. The van der Waals surface area contributed by atoms with Crippen LogP contribution in [0.5, 0.6) is 0 Å². The standard InChI is InChI=1S/C23H26N4O3/c28-13-1-2-16-8-11-27(12-9-16)18-5-3-17(4-6-18)22-14-19(23(29)26-30)20-15-24-10-7-21(20)25-22/h3-7,10,14-16,28,30H,1-2,8-9,11-13H2,(H,26,29). The van der Waals surface area contributed by atoms with Crippen LogP contribution in [0.25, 0.3) is 22.2 Å². The van der Waals surface area contributed by atoms with Crippen LogP contribution in [-0.2, 0) is 0 Å². The number of aliphatic hydroxyl groups excluding tert-OH is 1. The normalized spacial score (nSPS) is 14.8. The summed E-state index contributed by atoms with van der Waals surface area (Å²) < 4.78 is 0. The second-order valence-electron chi connectivity index (χ2n) is 7.73. The van der Waals surface area contributed by atoms with Gasteiger partial charge in [-0.05, 0) is 55.9 Å². The number of anilines is 1. The van der Waals surface area contributed by atoms with Crippen LogP contribution in [0.2, 0.25) is 0 Å². The molecule has 0 saturated carbocycles. The van der Waals surface area contributed by atoms with Crippen molar-refractivity contribution in [2.75, 3.05) is 24.6 Å². The number of pyridine rings is 2. The van der Waals surface area contributed by atoms with E-state index in [-0.39, 0.29) is 6.61 Å². The zero-order chi connectivity index (χ0) is 20.9. The predicted octanol–water partition coefficient (Wildman–Crippen LogP) is 3.40. The Morgan fingerprint density at radius 3 is 2.63 bits per heavy atom. The molecule has 1 aromatic carbocycles. The van der Waals surface area contributed by atoms with E-state index in [9.17, 15) is 4.79 Å². The van der Waals surface area contributed by atoms with E-state index in [1.54, 1.807) is 30.0 Å². The minimum atomic E-state index is -0.586. The summed E-state index contributed by atoms with van der Waals surface area (Å²) in [6.07, 6.45) is 7.51. The van der Waals surface area contributed by atoms with E-state index in [1.807, 2.05) is 12.1 Å². The van der Waals surface area contributed by atoms with E-state index >= 15 is 0 Å². The van der Waals surface area contributed by atoms with Gasteiger partial charge in [0, 0.05) is 48.7 Å². The molecule has 1 aliphatic rings. The lowest BCUT2D eigenvalue weighted by molar-refractivity contribution is 0.0708. The number of aromatic nitrogens is 2. The van der Waals surface area contributed by atoms with Crippen LogP contribution < -0.4 is 10.4 Å². The Labute approximate surface area is 175 Å². The summed E-state index contributed by atoms with van der Waals surface area (Å²) in [5, 5.41) is 18.7. The van der Waals surface area contributed by atoms with Crippen molar-refractivity contribution >= 4 is 22.5 Å². The van der Waals surface area contributed by atoms with Gasteiger partial charge in [-0.2, -0.15) is 0 Å². The first kappa shape index (κ1) is 20.3. The molecule has 0 bridgehead atoms. The van der Waals surface area contributed by atoms with Crippen molar-refractivity contribution in [3.05, 3.63) is 54.4 Å². The summed E-state index contributed by atoms with van der Waals surface area (Å²) in [7, 11) is 0. The van der Waals surface area contributed by atoms with E-state index < -0.39 is 5.91 Å². The molecule has 156 valence electrons. The maximum atomic E-state index is 12.1. The first-order valence-corrected chi connectivity index (χ1v) is 10.3. The van der Waals surface area contributed by atoms with E-state index in [1.165, 1.54) is 5.69 Å². The van der Waals surface area contributed by atoms with Crippen molar-refractivity contribution in [1.29, 1.82) is 0 Å². The Balaban J connectivity index is 1.55. The zero-order valence-corrected chi connectivity index (χ0v) is 16.8. The smallest absolute Gasteiger partial charge is 0.275 e. The number of nitrogens with zero attached hydrogens (tertiary/aromatic N) is 3. The fraction of sp³-hybridized carbons (Fsp3) is 0.348. The molecule has 7 heteroatoms. The fourth-order valence-corrected chi connectivity index (χ4v) is 4.17. The number of hydroxylamine groups is 1. The van der Waals surface area contributed by atoms with Crippen molar-refractivity contribution in [3.63, 3.8) is 0 Å². The van der Waals surface area contributed by atoms with Crippen molar-refractivity contribution in [3.8, 4) is 11.3 Å². The number of hydrogen-bond acceptors (Lipinski definition) is 6. The number of hydrogen-bond donors (Lipinski definition) is 3. The Morgan fingerprint density at radius 1 is 1.17 bits per heavy atom. The Morgan fingerprint density at radius 2 is 1.93 bits per heavy atom. The average molecular weight is 406 g/mol. The van der Waals surface area contributed by atoms with Crippen molar-refractivity contribution in [1.82, 2.24) is 15.4 Å². The van der Waals surface area contributed by atoms with Crippen LogP contribution in [0.1, 0.15) is 36.0 Å². The van der Waals surface area contributed by atoms with Crippen LogP contribution in [0.15, 0.2) is 48.8 Å². The van der Waals surface area contributed by atoms with E-state index in [0.29, 0.717) is 28.1 Å². The molecule has 0 radical (unpaired) electrons. The Bertz CT molecular complexity index is 1010. The number of piperidine rings is 1. The molecule has 3 aromatic rings. The number of aliphatic hydroxyl groups is 1. The molecule has 1 aliphatic heterocycles. The van der Waals surface area contributed by atoms with Crippen LogP contribution in [0.3, 0.4) is 0 Å². The van der Waals surface area contributed by atoms with E-state index in [2.05, 4.69) is 27.0 Å². The quantitative estimate of drug-likeness (QED) is 0.429. The number of nitrogens with one attached hydrogen (secondary N) is 1. The summed E-state index contributed by atoms with van der Waals surface area (Å²) >= 11 is 0. The molecular weight excluding hydrogens is 380 g/mol. The van der Waals surface area contributed by atoms with Gasteiger partial charge in [-0.1, -0.05) is 12.1 Å². The molecule has 30 heavy (non-hydrogen) atoms. The van der Waals surface area contributed by atoms with Gasteiger partial charge in [-0.3, -0.25) is 15.0 Å². The van der Waals surface area contributed by atoms with Gasteiger partial charge in [-0.25, -0.2) is 10.5 Å². The summed E-state index contributed by atoms with van der Waals surface area (Å²) in [5.74, 6) is 0.123. The highest BCUT2D eigenvalue weighted by atomic mass is 16.5. The van der Waals surface area contributed by atoms with Crippen molar-refractivity contribution in [2.45, 2.75) is 25.7 Å². The molecule has 0 aliphatic carbocycles. The molecule has 0 spiro atoms. The number of amides is 1. The molecule has 3 heterocycles. The van der Waals surface area contributed by atoms with Crippen LogP contribution >= 0.6 is 0 Å². The molecule has 2 aromatic heterocycles. The number of fused-ring (bicyclic) bond motifs is 1. The predicted molar refractivity (Wildman–Crippen MR) is 115 cm³/mol. The SMILES string of the molecule is O=C(NO)c1cc(-c2ccc(N3CCC(CCCO)CC3)cc2)nc2ccncc12. The topological polar surface area (TPSA) is 98.6 Å². The minimum absolute atomic E-state index is 0.280. The summed E-state index contributed by atoms with van der Waals surface area (Å²) in [6, 6.07) is 11.6. The van der Waals surface area contributed by atoms with Crippen LogP contribution in [-0.4, -0.2) is 45.9 Å². The van der Waals surface area contributed by atoms with Crippen LogP contribution in [0.4, 0.5) is 5.69 Å². The highest BCUT2D eigenvalue weighted by molar-refractivity contribution is 6.06. The van der Waals surface area contributed by atoms with E-state index in [4.69, 9.17) is 10.3 Å². The summed E-state index contributed by atoms with van der Waals surface area (Å²) in [6.45, 7) is 2.33. The average Bonchev–Trinajstić information content (AvgIpc) is 2.82. The lowest BCUT2D eigenvalue weighted by Crippen LogP contribution is -2.33. The zero-order valence-electron chi connectivity index (χ0n) is 16.8. The van der Waals surface area contributed by atoms with Gasteiger partial charge in [0.1, 0.15) is 0 Å². The monoisotopic (exact) mass is 406 g/mol. The molecule has 1 amide bonds. The number of benzene rings is 1. The van der Waals surface area contributed by atoms with Crippen LogP contribution in [0, 0.1) is 5.92 Å². The third-order valence-corrected chi connectivity index (χ3v) is 5.87. The van der Waals surface area contributed by atoms with E-state index in [0.717, 1.165) is 44.3 Å². The maximum Gasteiger partial charge on any atom is 0.275 e. The van der Waals surface area contributed by atoms with Gasteiger partial charge in [0.05, 0.1) is 16.8 Å². The van der Waals surface area contributed by atoms with Gasteiger partial charge in [0.15, 0.2) is 0 Å². The van der Waals surface area contributed by atoms with Crippen molar-refractivity contribution in [2.24, 2.45) is 5.92 Å². The molecule has 0 atom stereocenters. The summed E-state index contributed by atoms with van der Waals surface area (Å²) in [4.78, 5) is 23.2. The Hall–Kier alpha value is -3.03. The Kier molecular flexibility index (Phi) is 6.21. The fourth-order valence-electron chi connectivity index (χ4n) is 4.17. The molecular formula is C23H26N4O3. The summed E-state index contributed by atoms with van der Waals surface area (Å²) in [5.41, 5.74) is 5.44. The van der Waals surface area contributed by atoms with Gasteiger partial charge in [-0.15, -0.1) is 0 Å². The second-order valence-corrected chi connectivity index (χ2v) is 7.73. The minimum Gasteiger partial charge on any atom is -0.396 e. The number of rotatable bonds is 6. The van der Waals surface area contributed by atoms with Gasteiger partial charge in [0.2, 0.25) is 0 Å². The lowest BCUT2D eigenvalue weighted by Gasteiger charge is -2.33. The molecule has 0 unspecified atom stereocenters. The second kappa shape index (κ2) is 9.19. The lowest BCUT2D eigenvalue weighted by atomic mass is 9.92. The third kappa shape index (κ3) is 4.27. The van der Waals surface area contributed by atoms with Gasteiger partial charge < -0.3 is 10.0 Å².